The summed E-state index contributed by atoms with van der Waals surface area (Å²) in [5.41, 5.74) is 1.04. The molecule has 5 atom stereocenters. The van der Waals surface area contributed by atoms with Gasteiger partial charge in [0.05, 0.1) is 18.8 Å². The predicted molar refractivity (Wildman–Crippen MR) is 65.7 cm³/mol. The lowest BCUT2D eigenvalue weighted by molar-refractivity contribution is -0.0312. The molecule has 1 fully saturated rings. The van der Waals surface area contributed by atoms with Crippen LogP contribution in [0.3, 0.4) is 0 Å². The number of aliphatic hydroxyl groups is 4. The molecule has 1 aromatic carbocycles. The van der Waals surface area contributed by atoms with Gasteiger partial charge < -0.3 is 25.7 Å². The molecule has 5 nitrogen and oxygen atoms in total. The molecule has 0 amide bonds. The maximum atomic E-state index is 9.82. The van der Waals surface area contributed by atoms with E-state index >= 15 is 0 Å². The lowest BCUT2D eigenvalue weighted by Crippen LogP contribution is -2.43. The summed E-state index contributed by atoms with van der Waals surface area (Å²) in [6, 6.07) is 9.10. The Morgan fingerprint density at radius 2 is 1.61 bits per heavy atom. The zero-order chi connectivity index (χ0) is 13.1. The normalized spacial score (nSPS) is 35.9. The molecule has 2 rings (SSSR count). The first kappa shape index (κ1) is 13.5. The maximum absolute atomic E-state index is 9.82. The van der Waals surface area contributed by atoms with Crippen molar-refractivity contribution < 1.29 is 20.4 Å². The van der Waals surface area contributed by atoms with E-state index in [4.69, 9.17) is 0 Å². The Hall–Kier alpha value is -0.980. The van der Waals surface area contributed by atoms with Gasteiger partial charge in [0.2, 0.25) is 0 Å². The van der Waals surface area contributed by atoms with Crippen LogP contribution < -0.4 is 5.32 Å². The van der Waals surface area contributed by atoms with E-state index in [0.717, 1.165) is 5.56 Å². The highest BCUT2D eigenvalue weighted by atomic mass is 16.4. The van der Waals surface area contributed by atoms with Crippen molar-refractivity contribution in [2.45, 2.75) is 30.9 Å². The molecule has 5 N–H and O–H groups in total. The molecular formula is C13H19NO4. The van der Waals surface area contributed by atoms with E-state index in [9.17, 15) is 20.4 Å². The Balaban J connectivity index is 1.99. The van der Waals surface area contributed by atoms with Crippen LogP contribution in [-0.2, 0) is 6.54 Å². The highest BCUT2D eigenvalue weighted by molar-refractivity contribution is 5.15. The van der Waals surface area contributed by atoms with Gasteiger partial charge in [-0.25, -0.2) is 0 Å². The summed E-state index contributed by atoms with van der Waals surface area (Å²) in [7, 11) is 0. The van der Waals surface area contributed by atoms with E-state index in [2.05, 4.69) is 5.32 Å². The predicted octanol–water partition coefficient (Wildman–Crippen LogP) is -1.15. The first-order valence-corrected chi connectivity index (χ1v) is 6.07. The minimum Gasteiger partial charge on any atom is -0.396 e. The quantitative estimate of drug-likeness (QED) is 0.467. The topological polar surface area (TPSA) is 93.0 Å². The molecule has 0 saturated heterocycles. The van der Waals surface area contributed by atoms with Gasteiger partial charge in [-0.3, -0.25) is 0 Å². The summed E-state index contributed by atoms with van der Waals surface area (Å²) in [6.07, 6.45) is -3.38. The second-order valence-corrected chi connectivity index (χ2v) is 4.71. The van der Waals surface area contributed by atoms with Crippen molar-refractivity contribution in [2.75, 3.05) is 6.61 Å². The van der Waals surface area contributed by atoms with Gasteiger partial charge in [-0.05, 0) is 5.56 Å². The fourth-order valence-electron chi connectivity index (χ4n) is 2.46. The number of hydrogen-bond donors (Lipinski definition) is 5. The monoisotopic (exact) mass is 253 g/mol. The zero-order valence-corrected chi connectivity index (χ0v) is 9.98. The standard InChI is InChI=1S/C13H19NO4/c15-7-9-10(12(17)13(18)11(9)16)14-6-8-4-2-1-3-5-8/h1-5,9-18H,6-7H2/t9-,10+,11+,12-,13-/m0/s1. The molecule has 1 aliphatic carbocycles. The molecule has 0 aromatic heterocycles. The fraction of sp³-hybridized carbons (Fsp3) is 0.538. The van der Waals surface area contributed by atoms with E-state index in [1.165, 1.54) is 0 Å². The minimum atomic E-state index is -1.21. The number of benzene rings is 1. The number of hydrogen-bond acceptors (Lipinski definition) is 5. The molecule has 0 bridgehead atoms. The summed E-state index contributed by atoms with van der Waals surface area (Å²) in [5, 5.41) is 41.4. The molecule has 0 radical (unpaired) electrons. The number of rotatable bonds is 4. The van der Waals surface area contributed by atoms with Crippen molar-refractivity contribution in [3.05, 3.63) is 35.9 Å². The third-order valence-electron chi connectivity index (χ3n) is 3.56. The summed E-state index contributed by atoms with van der Waals surface area (Å²) in [5.74, 6) is -0.557. The van der Waals surface area contributed by atoms with Gasteiger partial charge in [0.25, 0.3) is 0 Å². The van der Waals surface area contributed by atoms with Crippen molar-refractivity contribution in [3.63, 3.8) is 0 Å². The summed E-state index contributed by atoms with van der Waals surface area (Å²) in [6.45, 7) is 0.236. The first-order chi connectivity index (χ1) is 8.65. The van der Waals surface area contributed by atoms with Gasteiger partial charge in [0.15, 0.2) is 0 Å². The second kappa shape index (κ2) is 5.77. The van der Waals surface area contributed by atoms with Crippen molar-refractivity contribution in [2.24, 2.45) is 5.92 Å². The van der Waals surface area contributed by atoms with Crippen LogP contribution in [0, 0.1) is 5.92 Å². The summed E-state index contributed by atoms with van der Waals surface area (Å²) in [4.78, 5) is 0. The molecule has 18 heavy (non-hydrogen) atoms. The van der Waals surface area contributed by atoms with Crippen molar-refractivity contribution in [1.82, 2.24) is 5.32 Å². The zero-order valence-electron chi connectivity index (χ0n) is 9.98. The highest BCUT2D eigenvalue weighted by Gasteiger charge is 2.48. The molecule has 1 aliphatic rings. The summed E-state index contributed by atoms with van der Waals surface area (Å²) < 4.78 is 0. The van der Waals surface area contributed by atoms with Gasteiger partial charge in [-0.15, -0.1) is 0 Å². The highest BCUT2D eigenvalue weighted by Crippen LogP contribution is 2.27. The third kappa shape index (κ3) is 2.55. The van der Waals surface area contributed by atoms with Crippen molar-refractivity contribution in [1.29, 1.82) is 0 Å². The molecule has 5 heteroatoms. The molecule has 0 unspecified atom stereocenters. The average Bonchev–Trinajstić information content (AvgIpc) is 2.61. The van der Waals surface area contributed by atoms with Gasteiger partial charge in [-0.1, -0.05) is 30.3 Å². The van der Waals surface area contributed by atoms with E-state index in [1.807, 2.05) is 30.3 Å². The SMILES string of the molecule is OC[C@@H]1[C@@H](O)[C@H](O)[C@@H](O)[C@@H]1NCc1ccccc1. The van der Waals surface area contributed by atoms with Crippen LogP contribution in [0.1, 0.15) is 5.56 Å². The van der Waals surface area contributed by atoms with E-state index in [1.54, 1.807) is 0 Å². The van der Waals surface area contributed by atoms with Crippen LogP contribution in [-0.4, -0.2) is 51.4 Å². The lowest BCUT2D eigenvalue weighted by atomic mass is 10.0. The average molecular weight is 253 g/mol. The maximum Gasteiger partial charge on any atom is 0.108 e. The Morgan fingerprint density at radius 3 is 2.22 bits per heavy atom. The van der Waals surface area contributed by atoms with Crippen LogP contribution >= 0.6 is 0 Å². The minimum absolute atomic E-state index is 0.276. The largest absolute Gasteiger partial charge is 0.396 e. The van der Waals surface area contributed by atoms with Gasteiger partial charge in [0.1, 0.15) is 6.10 Å². The Kier molecular flexibility index (Phi) is 4.31. The number of nitrogens with one attached hydrogen (secondary N) is 1. The van der Waals surface area contributed by atoms with E-state index in [-0.39, 0.29) is 6.61 Å². The van der Waals surface area contributed by atoms with Crippen LogP contribution in [0.15, 0.2) is 30.3 Å². The van der Waals surface area contributed by atoms with E-state index < -0.39 is 30.3 Å². The molecule has 100 valence electrons. The second-order valence-electron chi connectivity index (χ2n) is 4.71. The molecule has 1 aromatic rings. The Bertz CT molecular complexity index is 373. The smallest absolute Gasteiger partial charge is 0.108 e. The van der Waals surface area contributed by atoms with Gasteiger partial charge in [-0.2, -0.15) is 0 Å². The van der Waals surface area contributed by atoms with Crippen molar-refractivity contribution in [3.8, 4) is 0 Å². The number of aliphatic hydroxyl groups excluding tert-OH is 4. The Morgan fingerprint density at radius 1 is 0.944 bits per heavy atom. The van der Waals surface area contributed by atoms with Gasteiger partial charge >= 0.3 is 0 Å². The van der Waals surface area contributed by atoms with Crippen LogP contribution in [0.2, 0.25) is 0 Å². The van der Waals surface area contributed by atoms with Gasteiger partial charge in [0, 0.05) is 18.5 Å². The summed E-state index contributed by atoms with van der Waals surface area (Å²) >= 11 is 0. The third-order valence-corrected chi connectivity index (χ3v) is 3.56. The molecule has 1 saturated carbocycles. The van der Waals surface area contributed by atoms with Crippen molar-refractivity contribution >= 4 is 0 Å². The Labute approximate surface area is 106 Å². The molecular weight excluding hydrogens is 234 g/mol. The molecule has 0 aliphatic heterocycles. The van der Waals surface area contributed by atoms with Crippen LogP contribution in [0.5, 0.6) is 0 Å². The molecule has 0 spiro atoms. The molecule has 0 heterocycles. The first-order valence-electron chi connectivity index (χ1n) is 6.07. The lowest BCUT2D eigenvalue weighted by Gasteiger charge is -2.22. The van der Waals surface area contributed by atoms with E-state index in [0.29, 0.717) is 6.54 Å². The van der Waals surface area contributed by atoms with Crippen LogP contribution in [0.4, 0.5) is 0 Å². The van der Waals surface area contributed by atoms with Crippen LogP contribution in [0.25, 0.3) is 0 Å². The fourth-order valence-corrected chi connectivity index (χ4v) is 2.46.